The molecule has 1 aliphatic rings. The number of hydrogen-bond acceptors (Lipinski definition) is 3. The van der Waals surface area contributed by atoms with Crippen LogP contribution in [0, 0.1) is 6.61 Å². The van der Waals surface area contributed by atoms with Crippen molar-refractivity contribution in [3.63, 3.8) is 0 Å². The second-order valence-electron chi connectivity index (χ2n) is 7.13. The molecule has 0 N–H and O–H groups in total. The molecule has 1 heterocycles. The van der Waals surface area contributed by atoms with Gasteiger partial charge in [0.2, 0.25) is 0 Å². The summed E-state index contributed by atoms with van der Waals surface area (Å²) >= 11 is 0. The van der Waals surface area contributed by atoms with Crippen molar-refractivity contribution in [2.45, 2.75) is 110 Å². The van der Waals surface area contributed by atoms with Crippen molar-refractivity contribution in [3.8, 4) is 0 Å². The van der Waals surface area contributed by atoms with Gasteiger partial charge in [0, 0.05) is 12.8 Å². The van der Waals surface area contributed by atoms with Crippen LogP contribution in [0.1, 0.15) is 104 Å². The van der Waals surface area contributed by atoms with E-state index in [1.54, 1.807) is 0 Å². The molecule has 143 valence electrons. The maximum Gasteiger partial charge on any atom is 0.173 e. The molecule has 0 aromatic carbocycles. The molecule has 1 fully saturated rings. The van der Waals surface area contributed by atoms with Gasteiger partial charge in [-0.05, 0) is 12.8 Å². The minimum Gasteiger partial charge on any atom is -0.375 e. The van der Waals surface area contributed by atoms with E-state index in [0.717, 1.165) is 38.9 Å². The molecule has 0 amide bonds. The van der Waals surface area contributed by atoms with Gasteiger partial charge < -0.3 is 14.2 Å². The van der Waals surface area contributed by atoms with Crippen molar-refractivity contribution >= 4 is 0 Å². The van der Waals surface area contributed by atoms with Crippen LogP contribution < -0.4 is 0 Å². The summed E-state index contributed by atoms with van der Waals surface area (Å²) < 4.78 is 17.8. The lowest BCUT2D eigenvalue weighted by atomic mass is 10.1. The van der Waals surface area contributed by atoms with Gasteiger partial charge in [-0.1, -0.05) is 78.1 Å². The lowest BCUT2D eigenvalue weighted by Gasteiger charge is -2.36. The third-order valence-corrected chi connectivity index (χ3v) is 4.84. The summed E-state index contributed by atoms with van der Waals surface area (Å²) in [6.45, 7) is 8.73. The smallest absolute Gasteiger partial charge is 0.173 e. The zero-order chi connectivity index (χ0) is 17.3. The van der Waals surface area contributed by atoms with E-state index >= 15 is 0 Å². The summed E-state index contributed by atoms with van der Waals surface area (Å²) in [6.07, 6.45) is 17.2. The molecular weight excluding hydrogens is 300 g/mol. The van der Waals surface area contributed by atoms with Crippen LogP contribution in [0.15, 0.2) is 0 Å². The van der Waals surface area contributed by atoms with Crippen LogP contribution in [0.25, 0.3) is 0 Å². The van der Waals surface area contributed by atoms with E-state index in [0.29, 0.717) is 6.61 Å². The SMILES string of the molecule is CCCCCCCCOC1(OCCCCCCCC)C[CH]OCC1. The van der Waals surface area contributed by atoms with E-state index in [4.69, 9.17) is 14.2 Å². The number of hydrogen-bond donors (Lipinski definition) is 0. The van der Waals surface area contributed by atoms with Crippen molar-refractivity contribution in [1.82, 2.24) is 0 Å². The molecule has 1 radical (unpaired) electrons. The highest BCUT2D eigenvalue weighted by atomic mass is 16.7. The van der Waals surface area contributed by atoms with Gasteiger partial charge in [-0.25, -0.2) is 0 Å². The molecule has 0 aliphatic carbocycles. The van der Waals surface area contributed by atoms with Crippen molar-refractivity contribution < 1.29 is 14.2 Å². The van der Waals surface area contributed by atoms with Crippen molar-refractivity contribution in [1.29, 1.82) is 0 Å². The summed E-state index contributed by atoms with van der Waals surface area (Å²) in [5.41, 5.74) is 0. The minimum absolute atomic E-state index is 0.412. The fourth-order valence-electron chi connectivity index (χ4n) is 3.17. The van der Waals surface area contributed by atoms with Gasteiger partial charge in [-0.3, -0.25) is 0 Å². The molecule has 0 unspecified atom stereocenters. The molecule has 24 heavy (non-hydrogen) atoms. The predicted octanol–water partition coefficient (Wildman–Crippen LogP) is 6.41. The Bertz CT molecular complexity index is 242. The first-order valence-corrected chi connectivity index (χ1v) is 10.5. The Balaban J connectivity index is 2.12. The fourth-order valence-corrected chi connectivity index (χ4v) is 3.17. The zero-order valence-corrected chi connectivity index (χ0v) is 16.3. The van der Waals surface area contributed by atoms with Gasteiger partial charge in [0.1, 0.15) is 0 Å². The summed E-state index contributed by atoms with van der Waals surface area (Å²) in [7, 11) is 0. The number of ether oxygens (including phenoxy) is 3. The lowest BCUT2D eigenvalue weighted by molar-refractivity contribution is -0.261. The Morgan fingerprint density at radius 2 is 1.25 bits per heavy atom. The van der Waals surface area contributed by atoms with Gasteiger partial charge >= 0.3 is 0 Å². The molecule has 0 bridgehead atoms. The van der Waals surface area contributed by atoms with E-state index in [1.165, 1.54) is 64.2 Å². The Morgan fingerprint density at radius 1 is 0.750 bits per heavy atom. The quantitative estimate of drug-likeness (QED) is 0.240. The van der Waals surface area contributed by atoms with Gasteiger partial charge in [0.15, 0.2) is 5.79 Å². The molecule has 0 spiro atoms. The van der Waals surface area contributed by atoms with Crippen LogP contribution in [0.5, 0.6) is 0 Å². The Kier molecular flexibility index (Phi) is 13.8. The number of rotatable bonds is 16. The standard InChI is InChI=1S/C21H41O3/c1-3-5-7-9-11-13-17-23-21(15-19-22-20-16-21)24-18-14-12-10-8-6-4-2/h19H,3-18,20H2,1-2H3. The number of unbranched alkanes of at least 4 members (excludes halogenated alkanes) is 10. The highest BCUT2D eigenvalue weighted by Crippen LogP contribution is 2.29. The highest BCUT2D eigenvalue weighted by molar-refractivity contribution is 4.79. The first kappa shape index (κ1) is 21.9. The lowest BCUT2D eigenvalue weighted by Crippen LogP contribution is -2.41. The zero-order valence-electron chi connectivity index (χ0n) is 16.3. The normalized spacial score (nSPS) is 17.2. The molecular formula is C21H41O3. The molecule has 0 aromatic heterocycles. The van der Waals surface area contributed by atoms with Gasteiger partial charge in [0.25, 0.3) is 0 Å². The molecule has 0 aromatic rings. The Labute approximate surface area is 150 Å². The highest BCUT2D eigenvalue weighted by Gasteiger charge is 2.34. The van der Waals surface area contributed by atoms with Gasteiger partial charge in [-0.15, -0.1) is 0 Å². The van der Waals surface area contributed by atoms with Crippen LogP contribution in [-0.2, 0) is 14.2 Å². The predicted molar refractivity (Wildman–Crippen MR) is 101 cm³/mol. The first-order chi connectivity index (χ1) is 11.8. The summed E-state index contributed by atoms with van der Waals surface area (Å²) in [4.78, 5) is 0. The van der Waals surface area contributed by atoms with Crippen molar-refractivity contribution in [2.24, 2.45) is 0 Å². The van der Waals surface area contributed by atoms with Crippen LogP contribution in [0.3, 0.4) is 0 Å². The maximum absolute atomic E-state index is 6.19. The molecule has 1 saturated heterocycles. The summed E-state index contributed by atoms with van der Waals surface area (Å²) in [5, 5.41) is 0. The van der Waals surface area contributed by atoms with E-state index in [9.17, 15) is 0 Å². The monoisotopic (exact) mass is 341 g/mol. The second kappa shape index (κ2) is 15.2. The van der Waals surface area contributed by atoms with Crippen LogP contribution >= 0.6 is 0 Å². The first-order valence-electron chi connectivity index (χ1n) is 10.5. The topological polar surface area (TPSA) is 27.7 Å². The van der Waals surface area contributed by atoms with E-state index in [2.05, 4.69) is 13.8 Å². The van der Waals surface area contributed by atoms with E-state index in [1.807, 2.05) is 6.61 Å². The average molecular weight is 342 g/mol. The molecule has 1 rings (SSSR count). The molecule has 0 atom stereocenters. The minimum atomic E-state index is -0.412. The molecule has 0 saturated carbocycles. The molecule has 3 heteroatoms. The fraction of sp³-hybridized carbons (Fsp3) is 0.952. The second-order valence-corrected chi connectivity index (χ2v) is 7.13. The van der Waals surface area contributed by atoms with Crippen molar-refractivity contribution in [3.05, 3.63) is 6.61 Å². The summed E-state index contributed by atoms with van der Waals surface area (Å²) in [5.74, 6) is -0.412. The van der Waals surface area contributed by atoms with E-state index in [-0.39, 0.29) is 0 Å². The third kappa shape index (κ3) is 10.7. The molecule has 3 nitrogen and oxygen atoms in total. The average Bonchev–Trinajstić information content (AvgIpc) is 2.61. The van der Waals surface area contributed by atoms with E-state index < -0.39 is 5.79 Å². The Morgan fingerprint density at radius 3 is 1.71 bits per heavy atom. The van der Waals surface area contributed by atoms with Gasteiger partial charge in [0.05, 0.1) is 26.4 Å². The Hall–Kier alpha value is -0.120. The van der Waals surface area contributed by atoms with Crippen molar-refractivity contribution in [2.75, 3.05) is 19.8 Å². The van der Waals surface area contributed by atoms with Gasteiger partial charge in [-0.2, -0.15) is 0 Å². The third-order valence-electron chi connectivity index (χ3n) is 4.84. The summed E-state index contributed by atoms with van der Waals surface area (Å²) in [6, 6.07) is 0. The van der Waals surface area contributed by atoms with Crippen LogP contribution in [0.4, 0.5) is 0 Å². The molecule has 1 aliphatic heterocycles. The maximum atomic E-state index is 6.19. The van der Waals surface area contributed by atoms with Crippen LogP contribution in [0.2, 0.25) is 0 Å². The van der Waals surface area contributed by atoms with Crippen LogP contribution in [-0.4, -0.2) is 25.6 Å². The largest absolute Gasteiger partial charge is 0.375 e.